The summed E-state index contributed by atoms with van der Waals surface area (Å²) in [5, 5.41) is 4.79. The smallest absolute Gasteiger partial charge is 0.257 e. The Morgan fingerprint density at radius 3 is 2.65 bits per heavy atom. The summed E-state index contributed by atoms with van der Waals surface area (Å²) in [6.45, 7) is -0.0474. The lowest BCUT2D eigenvalue weighted by atomic mass is 9.90. The van der Waals surface area contributed by atoms with Crippen LogP contribution in [-0.4, -0.2) is 31.4 Å². The Morgan fingerprint density at radius 1 is 1.35 bits per heavy atom. The number of hydrogen-bond acceptors (Lipinski definition) is 4. The van der Waals surface area contributed by atoms with E-state index in [2.05, 4.69) is 10.6 Å². The van der Waals surface area contributed by atoms with Gasteiger partial charge in [-0.05, 0) is 24.1 Å². The van der Waals surface area contributed by atoms with Crippen LogP contribution in [0.4, 0.5) is 0 Å². The summed E-state index contributed by atoms with van der Waals surface area (Å²) in [7, 11) is 1.54. The van der Waals surface area contributed by atoms with Gasteiger partial charge in [0.15, 0.2) is 6.61 Å². The molecule has 0 unspecified atom stereocenters. The van der Waals surface area contributed by atoms with Gasteiger partial charge < -0.3 is 10.1 Å². The lowest BCUT2D eigenvalue weighted by Crippen LogP contribution is -2.39. The molecule has 0 saturated carbocycles. The Morgan fingerprint density at radius 2 is 2.05 bits per heavy atom. The molecule has 0 spiro atoms. The number of amides is 3. The highest BCUT2D eigenvalue weighted by molar-refractivity contribution is 6.00. The van der Waals surface area contributed by atoms with Gasteiger partial charge >= 0.3 is 0 Å². The third kappa shape index (κ3) is 3.34. The van der Waals surface area contributed by atoms with Crippen molar-refractivity contribution in [1.82, 2.24) is 10.6 Å². The number of carbonyl (C=O) groups excluding carboxylic acids is 3. The number of ether oxygens (including phenoxy) is 1. The molecule has 6 nitrogen and oxygen atoms in total. The molecule has 1 aromatic rings. The van der Waals surface area contributed by atoms with Gasteiger partial charge in [0.05, 0.1) is 5.92 Å². The topological polar surface area (TPSA) is 84.5 Å². The van der Waals surface area contributed by atoms with Gasteiger partial charge in [0.1, 0.15) is 5.75 Å². The predicted molar refractivity (Wildman–Crippen MR) is 71.1 cm³/mol. The summed E-state index contributed by atoms with van der Waals surface area (Å²) in [4.78, 5) is 33.9. The minimum absolute atomic E-state index is 0.0474. The maximum atomic E-state index is 11.7. The molecule has 0 aliphatic carbocycles. The molecular formula is C14H16N2O4. The highest BCUT2D eigenvalue weighted by atomic mass is 16.5. The highest BCUT2D eigenvalue weighted by Crippen LogP contribution is 2.26. The highest BCUT2D eigenvalue weighted by Gasteiger charge is 2.27. The van der Waals surface area contributed by atoms with Crippen LogP contribution in [0.5, 0.6) is 5.75 Å². The maximum absolute atomic E-state index is 11.7. The molecule has 3 amide bonds. The molecule has 1 atom stereocenters. The molecule has 1 heterocycles. The van der Waals surface area contributed by atoms with Crippen molar-refractivity contribution < 1.29 is 19.1 Å². The van der Waals surface area contributed by atoms with Gasteiger partial charge in [-0.3, -0.25) is 19.7 Å². The van der Waals surface area contributed by atoms with Crippen molar-refractivity contribution in [1.29, 1.82) is 0 Å². The van der Waals surface area contributed by atoms with Crippen molar-refractivity contribution in [2.75, 3.05) is 13.7 Å². The van der Waals surface area contributed by atoms with Crippen LogP contribution in [0.3, 0.4) is 0 Å². The first-order chi connectivity index (χ1) is 9.60. The molecule has 1 aliphatic rings. The summed E-state index contributed by atoms with van der Waals surface area (Å²) in [6, 6.07) is 6.97. The van der Waals surface area contributed by atoms with E-state index < -0.39 is 0 Å². The van der Waals surface area contributed by atoms with Crippen LogP contribution in [0.2, 0.25) is 0 Å². The fraction of sp³-hybridized carbons (Fsp3) is 0.357. The quantitative estimate of drug-likeness (QED) is 0.776. The minimum Gasteiger partial charge on any atom is -0.484 e. The van der Waals surface area contributed by atoms with E-state index in [0.29, 0.717) is 18.6 Å². The summed E-state index contributed by atoms with van der Waals surface area (Å²) < 4.78 is 5.28. The van der Waals surface area contributed by atoms with Crippen molar-refractivity contribution in [2.24, 2.45) is 0 Å². The number of carbonyl (C=O) groups is 3. The molecule has 106 valence electrons. The van der Waals surface area contributed by atoms with Crippen molar-refractivity contribution in [3.05, 3.63) is 29.8 Å². The van der Waals surface area contributed by atoms with Crippen LogP contribution in [0.15, 0.2) is 24.3 Å². The Hall–Kier alpha value is -2.37. The number of rotatable bonds is 4. The second-order valence-electron chi connectivity index (χ2n) is 4.53. The number of hydrogen-bond donors (Lipinski definition) is 2. The van der Waals surface area contributed by atoms with Crippen molar-refractivity contribution in [3.8, 4) is 5.75 Å². The van der Waals surface area contributed by atoms with Crippen LogP contribution >= 0.6 is 0 Å². The lowest BCUT2D eigenvalue weighted by Gasteiger charge is -2.21. The third-order valence-corrected chi connectivity index (χ3v) is 3.17. The molecule has 2 rings (SSSR count). The molecule has 1 saturated heterocycles. The first-order valence-electron chi connectivity index (χ1n) is 6.37. The van der Waals surface area contributed by atoms with Gasteiger partial charge in [0, 0.05) is 13.5 Å². The van der Waals surface area contributed by atoms with E-state index in [1.54, 1.807) is 24.3 Å². The number of likely N-dealkylation sites (N-methyl/N-ethyl adjacent to an activating group) is 1. The van der Waals surface area contributed by atoms with Crippen LogP contribution in [0.25, 0.3) is 0 Å². The third-order valence-electron chi connectivity index (χ3n) is 3.17. The largest absolute Gasteiger partial charge is 0.484 e. The Balaban J connectivity index is 1.99. The number of benzene rings is 1. The van der Waals surface area contributed by atoms with E-state index in [4.69, 9.17) is 4.74 Å². The van der Waals surface area contributed by atoms with E-state index in [9.17, 15) is 14.4 Å². The van der Waals surface area contributed by atoms with Gasteiger partial charge in [0.25, 0.3) is 5.91 Å². The Bertz CT molecular complexity index is 524. The molecule has 2 N–H and O–H groups in total. The second-order valence-corrected chi connectivity index (χ2v) is 4.53. The number of piperidine rings is 1. The van der Waals surface area contributed by atoms with E-state index in [0.717, 1.165) is 5.56 Å². The zero-order valence-electron chi connectivity index (χ0n) is 11.1. The van der Waals surface area contributed by atoms with E-state index in [1.807, 2.05) is 0 Å². The Labute approximate surface area is 116 Å². The number of imide groups is 1. The van der Waals surface area contributed by atoms with Crippen molar-refractivity contribution in [3.63, 3.8) is 0 Å². The lowest BCUT2D eigenvalue weighted by molar-refractivity contribution is -0.134. The van der Waals surface area contributed by atoms with Crippen LogP contribution < -0.4 is 15.4 Å². The summed E-state index contributed by atoms with van der Waals surface area (Å²) >= 11 is 0. The molecule has 1 fully saturated rings. The second kappa shape index (κ2) is 6.18. The average molecular weight is 276 g/mol. The van der Waals surface area contributed by atoms with E-state index >= 15 is 0 Å². The zero-order chi connectivity index (χ0) is 14.5. The van der Waals surface area contributed by atoms with E-state index in [-0.39, 0.29) is 30.2 Å². The molecule has 0 bridgehead atoms. The fourth-order valence-electron chi connectivity index (χ4n) is 2.03. The first-order valence-corrected chi connectivity index (χ1v) is 6.37. The van der Waals surface area contributed by atoms with Gasteiger partial charge in [-0.25, -0.2) is 0 Å². The van der Waals surface area contributed by atoms with Crippen LogP contribution in [0.1, 0.15) is 24.3 Å². The zero-order valence-corrected chi connectivity index (χ0v) is 11.1. The molecule has 1 aliphatic heterocycles. The Kier molecular flexibility index (Phi) is 4.34. The summed E-state index contributed by atoms with van der Waals surface area (Å²) in [5.74, 6) is -0.443. The average Bonchev–Trinajstić information content (AvgIpc) is 2.45. The van der Waals surface area contributed by atoms with Crippen LogP contribution in [-0.2, 0) is 14.4 Å². The van der Waals surface area contributed by atoms with Gasteiger partial charge in [0.2, 0.25) is 11.8 Å². The van der Waals surface area contributed by atoms with Gasteiger partial charge in [-0.15, -0.1) is 0 Å². The van der Waals surface area contributed by atoms with Crippen molar-refractivity contribution >= 4 is 17.7 Å². The predicted octanol–water partition coefficient (Wildman–Crippen LogP) is 0.332. The molecular weight excluding hydrogens is 260 g/mol. The first kappa shape index (κ1) is 14.0. The standard InChI is InChI=1S/C14H16N2O4/c1-15-13(18)8-20-10-4-2-9(3-5-10)11-6-7-12(17)16-14(11)19/h2-5,11H,6-8H2,1H3,(H,15,18)(H,16,17,19)/t11-/m1/s1. The van der Waals surface area contributed by atoms with Crippen molar-refractivity contribution in [2.45, 2.75) is 18.8 Å². The molecule has 0 radical (unpaired) electrons. The minimum atomic E-state index is -0.305. The molecule has 0 aromatic heterocycles. The van der Waals surface area contributed by atoms with E-state index in [1.165, 1.54) is 7.05 Å². The fourth-order valence-corrected chi connectivity index (χ4v) is 2.03. The van der Waals surface area contributed by atoms with Gasteiger partial charge in [-0.2, -0.15) is 0 Å². The number of nitrogens with one attached hydrogen (secondary N) is 2. The summed E-state index contributed by atoms with van der Waals surface area (Å²) in [5.41, 5.74) is 0.835. The molecule has 6 heteroatoms. The normalized spacial score (nSPS) is 18.4. The van der Waals surface area contributed by atoms with Crippen LogP contribution in [0, 0.1) is 0 Å². The monoisotopic (exact) mass is 276 g/mol. The molecule has 20 heavy (non-hydrogen) atoms. The summed E-state index contributed by atoms with van der Waals surface area (Å²) in [6.07, 6.45) is 0.869. The van der Waals surface area contributed by atoms with Gasteiger partial charge in [-0.1, -0.05) is 12.1 Å². The SMILES string of the molecule is CNC(=O)COc1ccc([C@H]2CCC(=O)NC2=O)cc1. The maximum Gasteiger partial charge on any atom is 0.257 e. The molecule has 1 aromatic carbocycles.